The van der Waals surface area contributed by atoms with E-state index < -0.39 is 11.6 Å². The number of rotatable bonds is 8. The van der Waals surface area contributed by atoms with Crippen molar-refractivity contribution in [2.24, 2.45) is 7.05 Å². The van der Waals surface area contributed by atoms with Crippen molar-refractivity contribution in [2.45, 2.75) is 16.9 Å². The Balaban J connectivity index is 1.46. The van der Waals surface area contributed by atoms with Gasteiger partial charge in [-0.2, -0.15) is 5.10 Å². The number of likely N-dealkylation sites (tertiary alicyclic amines) is 1. The van der Waals surface area contributed by atoms with Crippen molar-refractivity contribution in [3.63, 3.8) is 0 Å². The predicted octanol–water partition coefficient (Wildman–Crippen LogP) is 4.32. The number of amides is 2. The Bertz CT molecular complexity index is 1170. The highest BCUT2D eigenvalue weighted by atomic mass is 32.2. The normalized spacial score (nSPS) is 18.1. The number of urea groups is 1. The summed E-state index contributed by atoms with van der Waals surface area (Å²) in [4.78, 5) is 16.2. The first-order valence-electron chi connectivity index (χ1n) is 11.3. The SMILES string of the molecule is COCCN1C[C@@H](NC(=O)Nc2cc(-c3ccc(SC)cc3)nn2C)[C@H](c2ccc(F)c(F)c2)C1. The molecule has 1 aliphatic rings. The van der Waals surface area contributed by atoms with Gasteiger partial charge in [-0.15, -0.1) is 11.8 Å². The number of methoxy groups -OCH3 is 1. The number of thioether (sulfide) groups is 1. The standard InChI is InChI=1S/C25H29F2N5O2S/c1-31-24(13-22(30-31)16-4-7-18(35-3)8-5-16)29-25(33)28-23-15-32(10-11-34-2)14-19(23)17-6-9-20(26)21(27)12-17/h4-9,12-13,19,23H,10-11,14-15H2,1-3H3,(H2,28,29,33)/t19-,23+/m0/s1. The largest absolute Gasteiger partial charge is 0.383 e. The highest BCUT2D eigenvalue weighted by Crippen LogP contribution is 2.29. The molecule has 0 radical (unpaired) electrons. The van der Waals surface area contributed by atoms with Crippen LogP contribution < -0.4 is 10.6 Å². The topological polar surface area (TPSA) is 71.4 Å². The Morgan fingerprint density at radius 1 is 1.14 bits per heavy atom. The molecule has 1 aliphatic heterocycles. The number of anilines is 1. The summed E-state index contributed by atoms with van der Waals surface area (Å²) in [5.74, 6) is -1.43. The van der Waals surface area contributed by atoms with Gasteiger partial charge >= 0.3 is 6.03 Å². The van der Waals surface area contributed by atoms with Crippen LogP contribution >= 0.6 is 11.8 Å². The predicted molar refractivity (Wildman–Crippen MR) is 134 cm³/mol. The first-order valence-corrected chi connectivity index (χ1v) is 12.5. The molecule has 0 spiro atoms. The summed E-state index contributed by atoms with van der Waals surface area (Å²) in [6, 6.07) is 13.1. The van der Waals surface area contributed by atoms with Gasteiger partial charge in [0.15, 0.2) is 11.6 Å². The van der Waals surface area contributed by atoms with E-state index in [1.165, 1.54) is 6.07 Å². The number of carbonyl (C=O) groups excluding carboxylic acids is 1. The van der Waals surface area contributed by atoms with Crippen molar-refractivity contribution in [3.8, 4) is 11.3 Å². The Kier molecular flexibility index (Phi) is 8.04. The van der Waals surface area contributed by atoms with Gasteiger partial charge in [-0.05, 0) is 36.1 Å². The van der Waals surface area contributed by atoms with Crippen LogP contribution in [0.3, 0.4) is 0 Å². The minimum atomic E-state index is -0.894. The number of halogens is 2. The summed E-state index contributed by atoms with van der Waals surface area (Å²) in [5, 5.41) is 10.4. The molecule has 0 unspecified atom stereocenters. The molecule has 186 valence electrons. The number of ether oxygens (including phenoxy) is 1. The second kappa shape index (κ2) is 11.2. The van der Waals surface area contributed by atoms with Gasteiger partial charge in [-0.1, -0.05) is 18.2 Å². The van der Waals surface area contributed by atoms with Gasteiger partial charge in [0.2, 0.25) is 0 Å². The van der Waals surface area contributed by atoms with Crippen LogP contribution in [0.25, 0.3) is 11.3 Å². The van der Waals surface area contributed by atoms with Gasteiger partial charge in [-0.3, -0.25) is 14.9 Å². The maximum atomic E-state index is 13.9. The summed E-state index contributed by atoms with van der Waals surface area (Å²) < 4.78 is 34.2. The molecular weight excluding hydrogens is 472 g/mol. The van der Waals surface area contributed by atoms with Crippen molar-refractivity contribution in [3.05, 3.63) is 65.7 Å². The Labute approximate surface area is 207 Å². The van der Waals surface area contributed by atoms with Crippen LogP contribution in [0, 0.1) is 11.6 Å². The number of aryl methyl sites for hydroxylation is 1. The third-order valence-corrected chi connectivity index (χ3v) is 6.95. The van der Waals surface area contributed by atoms with Crippen molar-refractivity contribution >= 4 is 23.6 Å². The molecule has 1 fully saturated rings. The summed E-state index contributed by atoms with van der Waals surface area (Å²) in [7, 11) is 3.40. The minimum Gasteiger partial charge on any atom is -0.383 e. The van der Waals surface area contributed by atoms with Crippen molar-refractivity contribution < 1.29 is 18.3 Å². The molecule has 3 aromatic rings. The highest BCUT2D eigenvalue weighted by Gasteiger charge is 2.35. The lowest BCUT2D eigenvalue weighted by molar-refractivity contribution is 0.159. The summed E-state index contributed by atoms with van der Waals surface area (Å²) in [6.07, 6.45) is 2.02. The molecule has 2 atom stereocenters. The molecule has 0 bridgehead atoms. The van der Waals surface area contributed by atoms with E-state index in [0.29, 0.717) is 37.6 Å². The van der Waals surface area contributed by atoms with E-state index in [4.69, 9.17) is 4.74 Å². The van der Waals surface area contributed by atoms with E-state index in [9.17, 15) is 13.6 Å². The fourth-order valence-electron chi connectivity index (χ4n) is 4.32. The lowest BCUT2D eigenvalue weighted by atomic mass is 9.94. The molecule has 2 amide bonds. The molecule has 7 nitrogen and oxygen atoms in total. The zero-order valence-electron chi connectivity index (χ0n) is 19.9. The van der Waals surface area contributed by atoms with E-state index >= 15 is 0 Å². The van der Waals surface area contributed by atoms with Gasteiger partial charge < -0.3 is 10.1 Å². The number of nitrogens with one attached hydrogen (secondary N) is 2. The van der Waals surface area contributed by atoms with Crippen molar-refractivity contribution in [1.82, 2.24) is 20.0 Å². The fourth-order valence-corrected chi connectivity index (χ4v) is 4.73. The molecule has 1 aromatic heterocycles. The smallest absolute Gasteiger partial charge is 0.320 e. The summed E-state index contributed by atoms with van der Waals surface area (Å²) in [6.45, 7) is 2.39. The van der Waals surface area contributed by atoms with Crippen LogP contribution in [0.2, 0.25) is 0 Å². The van der Waals surface area contributed by atoms with Crippen molar-refractivity contribution in [2.75, 3.05) is 44.9 Å². The molecule has 2 heterocycles. The Morgan fingerprint density at radius 3 is 2.60 bits per heavy atom. The zero-order valence-corrected chi connectivity index (χ0v) is 20.7. The minimum absolute atomic E-state index is 0.190. The number of carbonyl (C=O) groups is 1. The van der Waals surface area contributed by atoms with Crippen LogP contribution in [0.5, 0.6) is 0 Å². The second-order valence-corrected chi connectivity index (χ2v) is 9.38. The summed E-state index contributed by atoms with van der Waals surface area (Å²) in [5.41, 5.74) is 2.35. The van der Waals surface area contributed by atoms with Crippen LogP contribution in [0.15, 0.2) is 53.4 Å². The average molecular weight is 502 g/mol. The van der Waals surface area contributed by atoms with Gasteiger partial charge in [0, 0.05) is 56.2 Å². The summed E-state index contributed by atoms with van der Waals surface area (Å²) >= 11 is 1.67. The van der Waals surface area contributed by atoms with Crippen LogP contribution in [0.4, 0.5) is 19.4 Å². The van der Waals surface area contributed by atoms with E-state index in [2.05, 4.69) is 20.6 Å². The maximum Gasteiger partial charge on any atom is 0.320 e. The fraction of sp³-hybridized carbons (Fsp3) is 0.360. The molecule has 2 aromatic carbocycles. The van der Waals surface area contributed by atoms with Crippen LogP contribution in [0.1, 0.15) is 11.5 Å². The Morgan fingerprint density at radius 2 is 1.91 bits per heavy atom. The number of nitrogens with zero attached hydrogens (tertiary/aromatic N) is 3. The third kappa shape index (κ3) is 6.01. The lowest BCUT2D eigenvalue weighted by Gasteiger charge is -2.20. The van der Waals surface area contributed by atoms with E-state index in [1.54, 1.807) is 36.7 Å². The lowest BCUT2D eigenvalue weighted by Crippen LogP contribution is -2.42. The number of hydrogen-bond donors (Lipinski definition) is 2. The maximum absolute atomic E-state index is 13.9. The van der Waals surface area contributed by atoms with E-state index in [-0.39, 0.29) is 18.0 Å². The molecule has 1 saturated heterocycles. The van der Waals surface area contributed by atoms with E-state index in [1.807, 2.05) is 36.6 Å². The first-order chi connectivity index (χ1) is 16.9. The molecule has 10 heteroatoms. The molecule has 35 heavy (non-hydrogen) atoms. The van der Waals surface area contributed by atoms with Gasteiger partial charge in [0.1, 0.15) is 5.82 Å². The first kappa shape index (κ1) is 25.2. The van der Waals surface area contributed by atoms with Gasteiger partial charge in [0.05, 0.1) is 18.3 Å². The quantitative estimate of drug-likeness (QED) is 0.450. The van der Waals surface area contributed by atoms with Crippen LogP contribution in [-0.2, 0) is 11.8 Å². The molecule has 4 rings (SSSR count). The van der Waals surface area contributed by atoms with Gasteiger partial charge in [-0.25, -0.2) is 13.6 Å². The molecule has 0 saturated carbocycles. The number of aromatic nitrogens is 2. The number of benzene rings is 2. The molecular formula is C25H29F2N5O2S. The third-order valence-electron chi connectivity index (χ3n) is 6.20. The number of hydrogen-bond acceptors (Lipinski definition) is 5. The zero-order chi connectivity index (χ0) is 24.9. The van der Waals surface area contributed by atoms with E-state index in [0.717, 1.165) is 22.2 Å². The van der Waals surface area contributed by atoms with Crippen LogP contribution in [-0.4, -0.2) is 66.4 Å². The molecule has 2 N–H and O–H groups in total. The highest BCUT2D eigenvalue weighted by molar-refractivity contribution is 7.98. The second-order valence-electron chi connectivity index (χ2n) is 8.50. The average Bonchev–Trinajstić information content (AvgIpc) is 3.42. The monoisotopic (exact) mass is 501 g/mol. The Hall–Kier alpha value is -2.95. The van der Waals surface area contributed by atoms with Gasteiger partial charge in [0.25, 0.3) is 0 Å². The molecule has 0 aliphatic carbocycles. The van der Waals surface area contributed by atoms with Crippen molar-refractivity contribution in [1.29, 1.82) is 0 Å².